The van der Waals surface area contributed by atoms with Crippen LogP contribution in [-0.4, -0.2) is 42.6 Å². The number of fused-ring (bicyclic) bond motifs is 1. The van der Waals surface area contributed by atoms with Crippen LogP contribution in [0.5, 0.6) is 0 Å². The number of hydrogen-bond donors (Lipinski definition) is 2. The molecule has 26 heavy (non-hydrogen) atoms. The molecule has 2 N–H and O–H groups in total. The number of sulfone groups is 1. The van der Waals surface area contributed by atoms with Crippen molar-refractivity contribution in [2.75, 3.05) is 12.3 Å². The number of carbonyl (C=O) groups is 1. The highest BCUT2D eigenvalue weighted by Crippen LogP contribution is 2.22. The zero-order valence-corrected chi connectivity index (χ0v) is 16.4. The van der Waals surface area contributed by atoms with E-state index in [1.165, 1.54) is 22.0 Å². The number of nitrogens with zero attached hydrogens (tertiary/aromatic N) is 1. The van der Waals surface area contributed by atoms with E-state index in [1.807, 2.05) is 7.05 Å². The number of rotatable bonds is 4. The lowest BCUT2D eigenvalue weighted by Crippen LogP contribution is -2.49. The highest BCUT2D eigenvalue weighted by Gasteiger charge is 2.31. The summed E-state index contributed by atoms with van der Waals surface area (Å²) in [7, 11) is -1.07. The summed E-state index contributed by atoms with van der Waals surface area (Å²) in [6.07, 6.45) is 4.13. The molecule has 0 radical (unpaired) electrons. The SMILES string of the molecule is Cc1ccc2c(CCNC(=O)NC3CCC(C)S(=O)(=O)C3)cn(C)c2c1. The van der Waals surface area contributed by atoms with Gasteiger partial charge in [0.25, 0.3) is 0 Å². The van der Waals surface area contributed by atoms with E-state index in [9.17, 15) is 13.2 Å². The average Bonchev–Trinajstić information content (AvgIpc) is 2.86. The summed E-state index contributed by atoms with van der Waals surface area (Å²) in [5.41, 5.74) is 3.60. The van der Waals surface area contributed by atoms with Crippen LogP contribution in [0.2, 0.25) is 0 Å². The Bertz CT molecular complexity index is 917. The summed E-state index contributed by atoms with van der Waals surface area (Å²) >= 11 is 0. The zero-order valence-electron chi connectivity index (χ0n) is 15.6. The second kappa shape index (κ2) is 7.31. The van der Waals surface area contributed by atoms with E-state index in [0.717, 1.165) is 6.42 Å². The van der Waals surface area contributed by atoms with Crippen LogP contribution in [0, 0.1) is 6.92 Å². The molecule has 2 unspecified atom stereocenters. The molecule has 2 heterocycles. The van der Waals surface area contributed by atoms with Crippen molar-refractivity contribution >= 4 is 26.8 Å². The van der Waals surface area contributed by atoms with E-state index >= 15 is 0 Å². The van der Waals surface area contributed by atoms with Crippen molar-refractivity contribution in [3.63, 3.8) is 0 Å². The lowest BCUT2D eigenvalue weighted by atomic mass is 10.1. The number of aryl methyl sites for hydroxylation is 2. The highest BCUT2D eigenvalue weighted by atomic mass is 32.2. The van der Waals surface area contributed by atoms with E-state index in [-0.39, 0.29) is 23.1 Å². The van der Waals surface area contributed by atoms with Crippen molar-refractivity contribution in [3.05, 3.63) is 35.5 Å². The lowest BCUT2D eigenvalue weighted by Gasteiger charge is -2.27. The molecule has 7 heteroatoms. The molecule has 0 bridgehead atoms. The normalized spacial score (nSPS) is 22.3. The Balaban J connectivity index is 1.53. The first-order chi connectivity index (χ1) is 12.3. The smallest absolute Gasteiger partial charge is 0.315 e. The van der Waals surface area contributed by atoms with Gasteiger partial charge in [-0.3, -0.25) is 0 Å². The topological polar surface area (TPSA) is 80.2 Å². The molecule has 2 aromatic rings. The molecule has 142 valence electrons. The maximum Gasteiger partial charge on any atom is 0.315 e. The quantitative estimate of drug-likeness (QED) is 0.858. The number of hydrogen-bond acceptors (Lipinski definition) is 3. The first-order valence-electron chi connectivity index (χ1n) is 9.07. The molecule has 1 fully saturated rings. The third-order valence-corrected chi connectivity index (χ3v) is 7.54. The van der Waals surface area contributed by atoms with Gasteiger partial charge < -0.3 is 15.2 Å². The van der Waals surface area contributed by atoms with Crippen LogP contribution in [-0.2, 0) is 23.3 Å². The molecule has 0 spiro atoms. The Morgan fingerprint density at radius 1 is 1.31 bits per heavy atom. The van der Waals surface area contributed by atoms with Gasteiger partial charge in [0.2, 0.25) is 0 Å². The molecule has 1 aromatic heterocycles. The molecule has 1 aliphatic rings. The summed E-state index contributed by atoms with van der Waals surface area (Å²) in [4.78, 5) is 12.1. The van der Waals surface area contributed by atoms with E-state index in [1.54, 1.807) is 6.92 Å². The number of urea groups is 1. The maximum absolute atomic E-state index is 12.1. The third-order valence-electron chi connectivity index (χ3n) is 5.21. The molecular formula is C19H27N3O3S. The van der Waals surface area contributed by atoms with Gasteiger partial charge in [-0.25, -0.2) is 13.2 Å². The second-order valence-corrected chi connectivity index (χ2v) is 9.81. The monoisotopic (exact) mass is 377 g/mol. The van der Waals surface area contributed by atoms with Gasteiger partial charge in [-0.05, 0) is 50.3 Å². The number of nitrogens with one attached hydrogen (secondary N) is 2. The first kappa shape index (κ1) is 18.8. The zero-order chi connectivity index (χ0) is 18.9. The van der Waals surface area contributed by atoms with Crippen LogP contribution in [0.15, 0.2) is 24.4 Å². The Hall–Kier alpha value is -2.02. The standard InChI is InChI=1S/C19H27N3O3S/c1-13-4-7-17-15(11-22(3)18(17)10-13)8-9-20-19(23)21-16-6-5-14(2)26(24,25)12-16/h4,7,10-11,14,16H,5-6,8-9,12H2,1-3H3,(H2,20,21,23). The van der Waals surface area contributed by atoms with Crippen molar-refractivity contribution in [2.24, 2.45) is 7.05 Å². The number of amides is 2. The largest absolute Gasteiger partial charge is 0.350 e. The third kappa shape index (κ3) is 4.03. The van der Waals surface area contributed by atoms with Crippen molar-refractivity contribution in [2.45, 2.75) is 44.4 Å². The summed E-state index contributed by atoms with van der Waals surface area (Å²) in [5.74, 6) is 0.0320. The predicted molar refractivity (Wildman–Crippen MR) is 104 cm³/mol. The summed E-state index contributed by atoms with van der Waals surface area (Å²) in [5, 5.41) is 6.54. The minimum atomic E-state index is -3.09. The molecule has 2 atom stereocenters. The fraction of sp³-hybridized carbons (Fsp3) is 0.526. The van der Waals surface area contributed by atoms with Gasteiger partial charge in [-0.1, -0.05) is 12.1 Å². The molecule has 0 saturated carbocycles. The molecule has 1 saturated heterocycles. The predicted octanol–water partition coefficient (Wildman–Crippen LogP) is 2.29. The van der Waals surface area contributed by atoms with E-state index in [2.05, 4.69) is 46.5 Å². The van der Waals surface area contributed by atoms with Crippen molar-refractivity contribution < 1.29 is 13.2 Å². The Kier molecular flexibility index (Phi) is 5.27. The van der Waals surface area contributed by atoms with Gasteiger partial charge in [0.05, 0.1) is 11.0 Å². The molecule has 0 aliphatic carbocycles. The molecule has 1 aliphatic heterocycles. The van der Waals surface area contributed by atoms with Gasteiger partial charge in [-0.15, -0.1) is 0 Å². The van der Waals surface area contributed by atoms with Gasteiger partial charge in [0.15, 0.2) is 9.84 Å². The van der Waals surface area contributed by atoms with Gasteiger partial charge in [-0.2, -0.15) is 0 Å². The van der Waals surface area contributed by atoms with Gasteiger partial charge >= 0.3 is 6.03 Å². The fourth-order valence-corrected chi connectivity index (χ4v) is 5.22. The van der Waals surface area contributed by atoms with E-state index in [4.69, 9.17) is 0 Å². The van der Waals surface area contributed by atoms with Crippen LogP contribution < -0.4 is 10.6 Å². The Morgan fingerprint density at radius 3 is 2.81 bits per heavy atom. The highest BCUT2D eigenvalue weighted by molar-refractivity contribution is 7.92. The molecular weight excluding hydrogens is 350 g/mol. The lowest BCUT2D eigenvalue weighted by molar-refractivity contribution is 0.237. The summed E-state index contributed by atoms with van der Waals surface area (Å²) in [6.45, 7) is 4.32. The first-order valence-corrected chi connectivity index (χ1v) is 10.8. The van der Waals surface area contributed by atoms with Crippen molar-refractivity contribution in [1.29, 1.82) is 0 Å². The minimum absolute atomic E-state index is 0.0320. The molecule has 1 aromatic carbocycles. The van der Waals surface area contributed by atoms with Crippen molar-refractivity contribution in [1.82, 2.24) is 15.2 Å². The molecule has 6 nitrogen and oxygen atoms in total. The van der Waals surface area contributed by atoms with Gasteiger partial charge in [0, 0.05) is 36.7 Å². The van der Waals surface area contributed by atoms with E-state index in [0.29, 0.717) is 19.4 Å². The number of benzene rings is 1. The van der Waals surface area contributed by atoms with Crippen LogP contribution in [0.1, 0.15) is 30.9 Å². The van der Waals surface area contributed by atoms with Crippen LogP contribution >= 0.6 is 0 Å². The maximum atomic E-state index is 12.1. The van der Waals surface area contributed by atoms with Gasteiger partial charge in [0.1, 0.15) is 0 Å². The van der Waals surface area contributed by atoms with Crippen LogP contribution in [0.4, 0.5) is 4.79 Å². The molecule has 3 rings (SSSR count). The van der Waals surface area contributed by atoms with Crippen LogP contribution in [0.3, 0.4) is 0 Å². The Labute approximate surface area is 154 Å². The minimum Gasteiger partial charge on any atom is -0.350 e. The Morgan fingerprint density at radius 2 is 2.08 bits per heavy atom. The molecule has 2 amide bonds. The second-order valence-electron chi connectivity index (χ2n) is 7.35. The van der Waals surface area contributed by atoms with Crippen molar-refractivity contribution in [3.8, 4) is 0 Å². The fourth-order valence-electron chi connectivity index (χ4n) is 3.58. The average molecular weight is 378 g/mol. The van der Waals surface area contributed by atoms with Crippen LogP contribution in [0.25, 0.3) is 10.9 Å². The summed E-state index contributed by atoms with van der Waals surface area (Å²) in [6, 6.07) is 5.78. The number of aromatic nitrogens is 1. The summed E-state index contributed by atoms with van der Waals surface area (Å²) < 4.78 is 26.0. The number of carbonyl (C=O) groups excluding carboxylic acids is 1. The van der Waals surface area contributed by atoms with E-state index < -0.39 is 9.84 Å².